The van der Waals surface area contributed by atoms with Crippen LogP contribution in [0.2, 0.25) is 0 Å². The first kappa shape index (κ1) is 24.3. The molecule has 0 aromatic heterocycles. The van der Waals surface area contributed by atoms with Gasteiger partial charge in [-0.1, -0.05) is 152 Å². The van der Waals surface area contributed by atoms with Gasteiger partial charge in [0.2, 0.25) is 0 Å². The van der Waals surface area contributed by atoms with E-state index in [2.05, 4.69) is 170 Å². The molecule has 0 spiro atoms. The third-order valence-corrected chi connectivity index (χ3v) is 8.46. The molecule has 196 valence electrons. The van der Waals surface area contributed by atoms with Crippen molar-refractivity contribution in [1.82, 2.24) is 0 Å². The predicted molar refractivity (Wildman–Crippen MR) is 181 cm³/mol. The fraction of sp³-hybridized carbons (Fsp3) is 0. The largest absolute Gasteiger partial charge is 0.0622 e. The maximum atomic E-state index is 2.30. The van der Waals surface area contributed by atoms with Gasteiger partial charge in [0.05, 0.1) is 0 Å². The average molecular weight is 533 g/mol. The molecule has 0 nitrogen and oxygen atoms in total. The van der Waals surface area contributed by atoms with Crippen LogP contribution in [0, 0.1) is 0 Å². The van der Waals surface area contributed by atoms with Crippen LogP contribution in [0.4, 0.5) is 0 Å². The summed E-state index contributed by atoms with van der Waals surface area (Å²) in [4.78, 5) is 0. The van der Waals surface area contributed by atoms with E-state index in [0.717, 1.165) is 0 Å². The molecule has 0 atom stereocenters. The van der Waals surface area contributed by atoms with Gasteiger partial charge in [-0.2, -0.15) is 0 Å². The highest BCUT2D eigenvalue weighted by atomic mass is 14.1. The summed E-state index contributed by atoms with van der Waals surface area (Å²) in [7, 11) is 0. The second kappa shape index (κ2) is 10.2. The molecular formula is C42H28. The van der Waals surface area contributed by atoms with Gasteiger partial charge in [-0.15, -0.1) is 0 Å². The predicted octanol–water partition coefficient (Wildman–Crippen LogP) is 11.8. The van der Waals surface area contributed by atoms with Crippen molar-refractivity contribution in [2.24, 2.45) is 0 Å². The smallest absolute Gasteiger partial charge is 0.00992 e. The van der Waals surface area contributed by atoms with Crippen molar-refractivity contribution >= 4 is 32.3 Å². The van der Waals surface area contributed by atoms with Crippen molar-refractivity contribution in [3.05, 3.63) is 170 Å². The Bertz CT molecular complexity index is 2220. The van der Waals surface area contributed by atoms with Gasteiger partial charge in [-0.3, -0.25) is 0 Å². The van der Waals surface area contributed by atoms with Crippen molar-refractivity contribution in [2.75, 3.05) is 0 Å². The molecule has 0 aliphatic carbocycles. The molecular weight excluding hydrogens is 504 g/mol. The van der Waals surface area contributed by atoms with E-state index in [1.807, 2.05) is 0 Å². The van der Waals surface area contributed by atoms with Gasteiger partial charge in [0, 0.05) is 0 Å². The summed E-state index contributed by atoms with van der Waals surface area (Å²) in [6.07, 6.45) is 0. The minimum absolute atomic E-state index is 1.23. The molecule has 0 aliphatic heterocycles. The van der Waals surface area contributed by atoms with Crippen LogP contribution in [0.3, 0.4) is 0 Å². The lowest BCUT2D eigenvalue weighted by molar-refractivity contribution is 1.61. The molecule has 0 heterocycles. The zero-order valence-corrected chi connectivity index (χ0v) is 23.2. The van der Waals surface area contributed by atoms with E-state index in [0.29, 0.717) is 0 Å². The standard InChI is InChI=1S/C42H28/c1-2-8-29(9-3-1)34-19-21-37-27-35(20-22-36(37)26-34)31-14-17-32(18-15-31)39-24-25-40(42-13-7-6-12-41(39)42)38-23-16-30-10-4-5-11-33(30)28-38/h1-28H. The Morgan fingerprint density at radius 1 is 0.214 bits per heavy atom. The molecule has 0 unspecified atom stereocenters. The summed E-state index contributed by atoms with van der Waals surface area (Å²) >= 11 is 0. The summed E-state index contributed by atoms with van der Waals surface area (Å²) < 4.78 is 0. The fourth-order valence-electron chi connectivity index (χ4n) is 6.24. The lowest BCUT2D eigenvalue weighted by Gasteiger charge is -2.13. The summed E-state index contributed by atoms with van der Waals surface area (Å²) in [5, 5.41) is 7.60. The third kappa shape index (κ3) is 4.35. The van der Waals surface area contributed by atoms with E-state index in [1.54, 1.807) is 0 Å². The number of hydrogen-bond acceptors (Lipinski definition) is 0. The van der Waals surface area contributed by atoms with E-state index in [4.69, 9.17) is 0 Å². The second-order valence-corrected chi connectivity index (χ2v) is 11.0. The number of fused-ring (bicyclic) bond motifs is 3. The first-order valence-electron chi connectivity index (χ1n) is 14.5. The molecule has 0 saturated carbocycles. The molecule has 42 heavy (non-hydrogen) atoms. The van der Waals surface area contributed by atoms with Gasteiger partial charge in [0.25, 0.3) is 0 Å². The maximum absolute atomic E-state index is 2.30. The molecule has 8 aromatic carbocycles. The topological polar surface area (TPSA) is 0 Å². The Hall–Kier alpha value is -5.46. The molecule has 0 heteroatoms. The Labute approximate surface area is 246 Å². The zero-order valence-electron chi connectivity index (χ0n) is 23.2. The normalized spacial score (nSPS) is 11.3. The van der Waals surface area contributed by atoms with Gasteiger partial charge in [-0.25, -0.2) is 0 Å². The van der Waals surface area contributed by atoms with E-state index >= 15 is 0 Å². The van der Waals surface area contributed by atoms with Crippen LogP contribution < -0.4 is 0 Å². The first-order chi connectivity index (χ1) is 20.8. The van der Waals surface area contributed by atoms with Gasteiger partial charge in [-0.05, 0) is 95.0 Å². The molecule has 8 rings (SSSR count). The summed E-state index contributed by atoms with van der Waals surface area (Å²) in [5.74, 6) is 0. The lowest BCUT2D eigenvalue weighted by atomic mass is 9.90. The SMILES string of the molecule is c1ccc(-c2ccc3cc(-c4ccc(-c5ccc(-c6ccc7ccccc7c6)c6ccccc56)cc4)ccc3c2)cc1. The quantitative estimate of drug-likeness (QED) is 0.211. The van der Waals surface area contributed by atoms with Gasteiger partial charge in [0.15, 0.2) is 0 Å². The van der Waals surface area contributed by atoms with E-state index in [1.165, 1.54) is 76.8 Å². The molecule has 0 saturated heterocycles. The van der Waals surface area contributed by atoms with Gasteiger partial charge in [0.1, 0.15) is 0 Å². The van der Waals surface area contributed by atoms with Gasteiger partial charge >= 0.3 is 0 Å². The van der Waals surface area contributed by atoms with Crippen LogP contribution in [-0.4, -0.2) is 0 Å². The van der Waals surface area contributed by atoms with Crippen LogP contribution >= 0.6 is 0 Å². The van der Waals surface area contributed by atoms with Crippen molar-refractivity contribution < 1.29 is 0 Å². The first-order valence-corrected chi connectivity index (χ1v) is 14.5. The molecule has 0 fully saturated rings. The van der Waals surface area contributed by atoms with Gasteiger partial charge < -0.3 is 0 Å². The van der Waals surface area contributed by atoms with Crippen LogP contribution in [0.5, 0.6) is 0 Å². The maximum Gasteiger partial charge on any atom is -0.00992 e. The van der Waals surface area contributed by atoms with E-state index < -0.39 is 0 Å². The summed E-state index contributed by atoms with van der Waals surface area (Å²) in [6.45, 7) is 0. The van der Waals surface area contributed by atoms with Crippen LogP contribution in [0.1, 0.15) is 0 Å². The highest BCUT2D eigenvalue weighted by Crippen LogP contribution is 2.37. The Morgan fingerprint density at radius 2 is 0.619 bits per heavy atom. The molecule has 0 amide bonds. The number of hydrogen-bond donors (Lipinski definition) is 0. The minimum atomic E-state index is 1.23. The highest BCUT2D eigenvalue weighted by Gasteiger charge is 2.11. The zero-order chi connectivity index (χ0) is 27.9. The fourth-order valence-corrected chi connectivity index (χ4v) is 6.24. The number of rotatable bonds is 4. The summed E-state index contributed by atoms with van der Waals surface area (Å²) in [6, 6.07) is 61.8. The van der Waals surface area contributed by atoms with Crippen LogP contribution in [-0.2, 0) is 0 Å². The van der Waals surface area contributed by atoms with E-state index in [9.17, 15) is 0 Å². The monoisotopic (exact) mass is 532 g/mol. The summed E-state index contributed by atoms with van der Waals surface area (Å²) in [5.41, 5.74) is 9.96. The van der Waals surface area contributed by atoms with Crippen LogP contribution in [0.25, 0.3) is 76.8 Å². The molecule has 0 N–H and O–H groups in total. The van der Waals surface area contributed by atoms with Crippen molar-refractivity contribution in [3.8, 4) is 44.5 Å². The molecule has 8 aromatic rings. The van der Waals surface area contributed by atoms with Crippen molar-refractivity contribution in [2.45, 2.75) is 0 Å². The Balaban J connectivity index is 1.14. The van der Waals surface area contributed by atoms with E-state index in [-0.39, 0.29) is 0 Å². The average Bonchev–Trinajstić information content (AvgIpc) is 3.07. The van der Waals surface area contributed by atoms with Crippen molar-refractivity contribution in [3.63, 3.8) is 0 Å². The number of benzene rings is 8. The Morgan fingerprint density at radius 3 is 1.29 bits per heavy atom. The van der Waals surface area contributed by atoms with Crippen molar-refractivity contribution in [1.29, 1.82) is 0 Å². The Kier molecular flexibility index (Phi) is 5.90. The highest BCUT2D eigenvalue weighted by molar-refractivity contribution is 6.06. The van der Waals surface area contributed by atoms with Crippen LogP contribution in [0.15, 0.2) is 170 Å². The molecule has 0 aliphatic rings. The molecule has 0 bridgehead atoms. The lowest BCUT2D eigenvalue weighted by Crippen LogP contribution is -1.87. The minimum Gasteiger partial charge on any atom is -0.0622 e. The second-order valence-electron chi connectivity index (χ2n) is 11.0. The third-order valence-electron chi connectivity index (χ3n) is 8.46. The molecule has 0 radical (unpaired) electrons.